The van der Waals surface area contributed by atoms with E-state index in [2.05, 4.69) is 20.9 Å². The summed E-state index contributed by atoms with van der Waals surface area (Å²) in [7, 11) is 0. The highest BCUT2D eigenvalue weighted by molar-refractivity contribution is 9.10. The number of carbonyl (C=O) groups excluding carboxylic acids is 1. The first-order valence-corrected chi connectivity index (χ1v) is 7.78. The summed E-state index contributed by atoms with van der Waals surface area (Å²) in [6, 6.07) is 10.4. The molecule has 0 unspecified atom stereocenters. The summed E-state index contributed by atoms with van der Waals surface area (Å²) >= 11 is 9.58. The highest BCUT2D eigenvalue weighted by Crippen LogP contribution is 2.32. The molecule has 0 saturated heterocycles. The second-order valence-electron chi connectivity index (χ2n) is 4.55. The highest BCUT2D eigenvalue weighted by atomic mass is 79.9. The van der Waals surface area contributed by atoms with E-state index in [0.29, 0.717) is 39.7 Å². The summed E-state index contributed by atoms with van der Waals surface area (Å²) < 4.78 is 11.6. The van der Waals surface area contributed by atoms with E-state index in [1.807, 2.05) is 12.1 Å². The Morgan fingerprint density at radius 1 is 1.32 bits per heavy atom. The lowest BCUT2D eigenvalue weighted by molar-refractivity contribution is 0.0526. The zero-order chi connectivity index (χ0) is 15.7. The summed E-state index contributed by atoms with van der Waals surface area (Å²) in [4.78, 5) is 16.2. The van der Waals surface area contributed by atoms with Crippen molar-refractivity contribution in [3.63, 3.8) is 0 Å². The van der Waals surface area contributed by atoms with Gasteiger partial charge in [0.05, 0.1) is 22.8 Å². The zero-order valence-electron chi connectivity index (χ0n) is 11.6. The van der Waals surface area contributed by atoms with Crippen molar-refractivity contribution >= 4 is 44.6 Å². The van der Waals surface area contributed by atoms with Crippen LogP contribution in [0.15, 0.2) is 45.3 Å². The SMILES string of the molecule is CCOC(=O)c1ccc2oc(-c3cc(Br)ccc3Cl)nc2c1. The molecule has 4 nitrogen and oxygen atoms in total. The molecular weight excluding hydrogens is 370 g/mol. The fourth-order valence-electron chi connectivity index (χ4n) is 2.05. The molecule has 0 amide bonds. The van der Waals surface area contributed by atoms with Crippen LogP contribution in [0.5, 0.6) is 0 Å². The molecule has 22 heavy (non-hydrogen) atoms. The zero-order valence-corrected chi connectivity index (χ0v) is 13.9. The van der Waals surface area contributed by atoms with Gasteiger partial charge in [-0.1, -0.05) is 27.5 Å². The van der Waals surface area contributed by atoms with E-state index in [1.54, 1.807) is 31.2 Å². The Labute approximate surface area is 140 Å². The lowest BCUT2D eigenvalue weighted by atomic mass is 10.2. The van der Waals surface area contributed by atoms with Crippen LogP contribution in [-0.4, -0.2) is 17.6 Å². The molecule has 1 heterocycles. The molecule has 3 aromatic rings. The summed E-state index contributed by atoms with van der Waals surface area (Å²) in [5.41, 5.74) is 2.29. The number of benzene rings is 2. The number of nitrogens with zero attached hydrogens (tertiary/aromatic N) is 1. The molecule has 0 saturated carbocycles. The van der Waals surface area contributed by atoms with Gasteiger partial charge < -0.3 is 9.15 Å². The van der Waals surface area contributed by atoms with Crippen LogP contribution in [0.2, 0.25) is 5.02 Å². The van der Waals surface area contributed by atoms with Crippen molar-refractivity contribution in [1.82, 2.24) is 4.98 Å². The van der Waals surface area contributed by atoms with E-state index in [0.717, 1.165) is 4.47 Å². The molecule has 6 heteroatoms. The lowest BCUT2D eigenvalue weighted by Gasteiger charge is -2.00. The number of hydrogen-bond donors (Lipinski definition) is 0. The van der Waals surface area contributed by atoms with Crippen LogP contribution in [0.1, 0.15) is 17.3 Å². The smallest absolute Gasteiger partial charge is 0.338 e. The Hall–Kier alpha value is -1.85. The number of fused-ring (bicyclic) bond motifs is 1. The number of halogens is 2. The van der Waals surface area contributed by atoms with E-state index >= 15 is 0 Å². The molecule has 0 N–H and O–H groups in total. The maximum atomic E-state index is 11.8. The molecular formula is C16H11BrClNO3. The summed E-state index contributed by atoms with van der Waals surface area (Å²) in [6.45, 7) is 2.09. The van der Waals surface area contributed by atoms with Gasteiger partial charge in [-0.25, -0.2) is 9.78 Å². The molecule has 0 aliphatic heterocycles. The van der Waals surface area contributed by atoms with Crippen molar-refractivity contribution < 1.29 is 13.9 Å². The third kappa shape index (κ3) is 2.87. The molecule has 0 fully saturated rings. The highest BCUT2D eigenvalue weighted by Gasteiger charge is 2.14. The van der Waals surface area contributed by atoms with Crippen molar-refractivity contribution in [3.8, 4) is 11.5 Å². The average Bonchev–Trinajstić information content (AvgIpc) is 2.92. The van der Waals surface area contributed by atoms with E-state index in [4.69, 9.17) is 20.8 Å². The first-order valence-electron chi connectivity index (χ1n) is 6.61. The van der Waals surface area contributed by atoms with Crippen molar-refractivity contribution in [3.05, 3.63) is 51.5 Å². The maximum absolute atomic E-state index is 11.8. The second kappa shape index (κ2) is 6.10. The van der Waals surface area contributed by atoms with Crippen LogP contribution in [0.4, 0.5) is 0 Å². The molecule has 2 aromatic carbocycles. The third-order valence-electron chi connectivity index (χ3n) is 3.06. The van der Waals surface area contributed by atoms with Crippen LogP contribution < -0.4 is 0 Å². The predicted octanol–water partition coefficient (Wildman–Crippen LogP) is 5.09. The summed E-state index contributed by atoms with van der Waals surface area (Å²) in [5.74, 6) is 0.0248. The number of hydrogen-bond acceptors (Lipinski definition) is 4. The first-order chi connectivity index (χ1) is 10.6. The number of aromatic nitrogens is 1. The molecule has 112 valence electrons. The van der Waals surface area contributed by atoms with Gasteiger partial charge in [0.1, 0.15) is 5.52 Å². The van der Waals surface area contributed by atoms with E-state index in [-0.39, 0.29) is 5.97 Å². The van der Waals surface area contributed by atoms with Crippen molar-refractivity contribution in [1.29, 1.82) is 0 Å². The van der Waals surface area contributed by atoms with Crippen molar-refractivity contribution in [2.45, 2.75) is 6.92 Å². The summed E-state index contributed by atoms with van der Waals surface area (Å²) in [5, 5.41) is 0.542. The normalized spacial score (nSPS) is 10.9. The van der Waals surface area contributed by atoms with Gasteiger partial charge in [-0.05, 0) is 43.3 Å². The fourth-order valence-corrected chi connectivity index (χ4v) is 2.60. The Bertz CT molecular complexity index is 860. The Morgan fingerprint density at radius 2 is 2.14 bits per heavy atom. The van der Waals surface area contributed by atoms with Gasteiger partial charge in [-0.3, -0.25) is 0 Å². The number of ether oxygens (including phenoxy) is 1. The van der Waals surface area contributed by atoms with Crippen LogP contribution >= 0.6 is 27.5 Å². The van der Waals surface area contributed by atoms with Crippen LogP contribution in [0.25, 0.3) is 22.6 Å². The maximum Gasteiger partial charge on any atom is 0.338 e. The molecule has 0 radical (unpaired) electrons. The van der Waals surface area contributed by atoms with Gasteiger partial charge >= 0.3 is 5.97 Å². The topological polar surface area (TPSA) is 52.3 Å². The predicted molar refractivity (Wildman–Crippen MR) is 88.1 cm³/mol. The van der Waals surface area contributed by atoms with Gasteiger partial charge in [0.2, 0.25) is 5.89 Å². The fraction of sp³-hybridized carbons (Fsp3) is 0.125. The molecule has 0 atom stereocenters. The Kier molecular flexibility index (Phi) is 4.18. The van der Waals surface area contributed by atoms with Crippen molar-refractivity contribution in [2.24, 2.45) is 0 Å². The number of oxazole rings is 1. The van der Waals surface area contributed by atoms with Gasteiger partial charge in [-0.2, -0.15) is 0 Å². The van der Waals surface area contributed by atoms with Crippen LogP contribution in [0, 0.1) is 0 Å². The lowest BCUT2D eigenvalue weighted by Crippen LogP contribution is -2.03. The second-order valence-corrected chi connectivity index (χ2v) is 5.87. The monoisotopic (exact) mass is 379 g/mol. The van der Waals surface area contributed by atoms with Crippen LogP contribution in [0.3, 0.4) is 0 Å². The van der Waals surface area contributed by atoms with Gasteiger partial charge in [-0.15, -0.1) is 0 Å². The molecule has 0 aliphatic carbocycles. The summed E-state index contributed by atoms with van der Waals surface area (Å²) in [6.07, 6.45) is 0. The minimum atomic E-state index is -0.380. The minimum Gasteiger partial charge on any atom is -0.462 e. The van der Waals surface area contributed by atoms with E-state index in [1.165, 1.54) is 0 Å². The van der Waals surface area contributed by atoms with Crippen molar-refractivity contribution in [2.75, 3.05) is 6.61 Å². The third-order valence-corrected chi connectivity index (χ3v) is 3.88. The van der Waals surface area contributed by atoms with E-state index < -0.39 is 0 Å². The molecule has 0 bridgehead atoms. The molecule has 0 aliphatic rings. The average molecular weight is 381 g/mol. The largest absolute Gasteiger partial charge is 0.462 e. The standard InChI is InChI=1S/C16H11BrClNO3/c1-2-21-16(20)9-3-6-14-13(7-9)19-15(22-14)11-8-10(17)4-5-12(11)18/h3-8H,2H2,1H3. The number of rotatable bonds is 3. The Balaban J connectivity index is 2.06. The quantitative estimate of drug-likeness (QED) is 0.594. The van der Waals surface area contributed by atoms with Gasteiger partial charge in [0.25, 0.3) is 0 Å². The molecule has 0 spiro atoms. The molecule has 3 rings (SSSR count). The van der Waals surface area contributed by atoms with E-state index in [9.17, 15) is 4.79 Å². The molecule has 1 aromatic heterocycles. The number of carbonyl (C=O) groups is 1. The van der Waals surface area contributed by atoms with Gasteiger partial charge in [0, 0.05) is 4.47 Å². The number of esters is 1. The van der Waals surface area contributed by atoms with Gasteiger partial charge in [0.15, 0.2) is 5.58 Å². The first kappa shape index (κ1) is 15.1. The van der Waals surface area contributed by atoms with Crippen LogP contribution in [-0.2, 0) is 4.74 Å². The minimum absolute atomic E-state index is 0.328. The Morgan fingerprint density at radius 3 is 2.91 bits per heavy atom.